The van der Waals surface area contributed by atoms with Gasteiger partial charge in [-0.05, 0) is 24.3 Å². The number of aromatic nitrogens is 2. The Morgan fingerprint density at radius 3 is 1.34 bits per heavy atom. The minimum atomic E-state index is 0.0526. The van der Waals surface area contributed by atoms with Crippen LogP contribution in [0.2, 0.25) is 0 Å². The summed E-state index contributed by atoms with van der Waals surface area (Å²) in [5.74, 6) is 1.32. The van der Waals surface area contributed by atoms with Crippen LogP contribution in [0, 0.1) is 0 Å². The van der Waals surface area contributed by atoms with Gasteiger partial charge in [-0.2, -0.15) is 10.2 Å². The van der Waals surface area contributed by atoms with Gasteiger partial charge >= 0.3 is 0 Å². The maximum Gasteiger partial charge on any atom is 0.189 e. The van der Waals surface area contributed by atoms with Crippen LogP contribution in [-0.2, 0) is 22.7 Å². The molecule has 0 aliphatic rings. The zero-order valence-electron chi connectivity index (χ0n) is 25.1. The number of carbonyl (C=O) groups is 2. The first-order valence-electron chi connectivity index (χ1n) is 14.4. The van der Waals surface area contributed by atoms with Gasteiger partial charge in [-0.1, -0.05) is 59.9 Å². The summed E-state index contributed by atoms with van der Waals surface area (Å²) in [6.45, 7) is 1.43. The van der Waals surface area contributed by atoms with Crippen molar-refractivity contribution in [2.24, 2.45) is 10.2 Å². The molecule has 0 aliphatic carbocycles. The minimum absolute atomic E-state index is 0.0526. The molecule has 0 bridgehead atoms. The lowest BCUT2D eigenvalue weighted by atomic mass is 10.3. The van der Waals surface area contributed by atoms with E-state index in [2.05, 4.69) is 10.2 Å². The normalized spacial score (nSPS) is 11.2. The quantitative estimate of drug-likeness (QED) is 0.103. The fourth-order valence-electron chi connectivity index (χ4n) is 4.01. The van der Waals surface area contributed by atoms with Gasteiger partial charge < -0.3 is 0 Å². The Morgan fingerprint density at radius 2 is 0.977 bits per heavy atom. The first-order chi connectivity index (χ1) is 21.5. The van der Waals surface area contributed by atoms with E-state index in [9.17, 15) is 9.59 Å². The highest BCUT2D eigenvalue weighted by molar-refractivity contribution is 8.14. The molecule has 0 aliphatic heterocycles. The zero-order chi connectivity index (χ0) is 31.0. The van der Waals surface area contributed by atoms with Gasteiger partial charge in [0.2, 0.25) is 0 Å². The summed E-state index contributed by atoms with van der Waals surface area (Å²) in [7, 11) is 3.83. The number of aryl methyl sites for hydroxylation is 2. The van der Waals surface area contributed by atoms with Gasteiger partial charge in [0.05, 0.1) is 35.3 Å². The fraction of sp³-hybridized carbons (Fsp3) is 0.235. The molecule has 8 nitrogen and oxygen atoms in total. The molecule has 0 N–H and O–H groups in total. The second kappa shape index (κ2) is 17.7. The van der Waals surface area contributed by atoms with Crippen molar-refractivity contribution in [1.29, 1.82) is 0 Å². The molecule has 0 amide bonds. The Bertz CT molecular complexity index is 1400. The number of hydrogen-bond acceptors (Lipinski definition) is 8. The van der Waals surface area contributed by atoms with Gasteiger partial charge in [0.15, 0.2) is 48.1 Å². The highest BCUT2D eigenvalue weighted by atomic mass is 32.2. The summed E-state index contributed by atoms with van der Waals surface area (Å²) in [6, 6.07) is 27.9. The number of hydrogen-bond donors (Lipinski definition) is 0. The molecule has 4 rings (SSSR count). The minimum Gasteiger partial charge on any atom is -0.287 e. The van der Waals surface area contributed by atoms with Crippen molar-refractivity contribution in [2.45, 2.75) is 25.9 Å². The van der Waals surface area contributed by atoms with Crippen molar-refractivity contribution in [3.63, 3.8) is 0 Å². The first-order valence-corrected chi connectivity index (χ1v) is 16.4. The van der Waals surface area contributed by atoms with Crippen LogP contribution in [0.4, 0.5) is 11.4 Å². The summed E-state index contributed by atoms with van der Waals surface area (Å²) in [5, 5.41) is 12.7. The van der Waals surface area contributed by atoms with E-state index in [1.807, 2.05) is 155 Å². The molecular weight excluding hydrogens is 589 g/mol. The summed E-state index contributed by atoms with van der Waals surface area (Å²) in [4.78, 5) is 24.6. The van der Waals surface area contributed by atoms with Crippen LogP contribution >= 0.6 is 23.5 Å². The van der Waals surface area contributed by atoms with Gasteiger partial charge in [-0.25, -0.2) is 9.13 Å². The predicted molar refractivity (Wildman–Crippen MR) is 182 cm³/mol. The van der Waals surface area contributed by atoms with Crippen molar-refractivity contribution in [3.8, 4) is 0 Å². The van der Waals surface area contributed by atoms with Crippen LogP contribution in [0.15, 0.2) is 120 Å². The van der Waals surface area contributed by atoms with E-state index >= 15 is 0 Å². The third kappa shape index (κ3) is 11.4. The number of benzene rings is 2. The molecule has 44 heavy (non-hydrogen) atoms. The molecule has 0 spiro atoms. The van der Waals surface area contributed by atoms with Crippen LogP contribution in [0.1, 0.15) is 24.0 Å². The third-order valence-corrected chi connectivity index (χ3v) is 8.44. The van der Waals surface area contributed by atoms with E-state index in [0.29, 0.717) is 24.6 Å². The van der Waals surface area contributed by atoms with Gasteiger partial charge in [0, 0.05) is 62.3 Å². The molecular formula is C34H38N6O2S2+2. The maximum absolute atomic E-state index is 12.3. The zero-order valence-corrected chi connectivity index (χ0v) is 26.7. The fourth-order valence-corrected chi connectivity index (χ4v) is 5.57. The number of nitrogens with zero attached hydrogens (tertiary/aromatic N) is 6. The summed E-state index contributed by atoms with van der Waals surface area (Å²) in [6.07, 6.45) is 12.1. The number of anilines is 2. The molecule has 2 aromatic carbocycles. The van der Waals surface area contributed by atoms with Crippen LogP contribution in [0.5, 0.6) is 0 Å². The third-order valence-electron chi connectivity index (χ3n) is 6.61. The van der Waals surface area contributed by atoms with Crippen molar-refractivity contribution < 1.29 is 18.7 Å². The van der Waals surface area contributed by atoms with Gasteiger partial charge in [0.1, 0.15) is 0 Å². The average molecular weight is 627 g/mol. The van der Waals surface area contributed by atoms with Crippen LogP contribution < -0.4 is 19.2 Å². The number of rotatable bonds is 15. The Balaban J connectivity index is 1.07. The molecule has 0 radical (unpaired) electrons. The highest BCUT2D eigenvalue weighted by Gasteiger charge is 2.11. The Labute approximate surface area is 268 Å². The van der Waals surface area contributed by atoms with E-state index in [-0.39, 0.29) is 23.1 Å². The highest BCUT2D eigenvalue weighted by Crippen LogP contribution is 2.14. The van der Waals surface area contributed by atoms with Gasteiger partial charge in [0.25, 0.3) is 0 Å². The Kier molecular flexibility index (Phi) is 13.2. The van der Waals surface area contributed by atoms with E-state index in [0.717, 1.165) is 22.5 Å². The summed E-state index contributed by atoms with van der Waals surface area (Å²) in [5.41, 5.74) is 4.03. The number of thioether (sulfide) groups is 2. The summed E-state index contributed by atoms with van der Waals surface area (Å²) < 4.78 is 4.08. The van der Waals surface area contributed by atoms with E-state index in [1.54, 1.807) is 0 Å². The molecule has 0 saturated heterocycles. The molecule has 0 atom stereocenters. The second-order valence-corrected chi connectivity index (χ2v) is 12.2. The molecule has 10 heteroatoms. The average Bonchev–Trinajstić information content (AvgIpc) is 3.07. The van der Waals surface area contributed by atoms with E-state index in [4.69, 9.17) is 0 Å². The SMILES string of the molecule is CN(/N=C\c1cc[n+](CCSC(=O)CCC(=O)SCC[n+]2ccc(/C=N/N(C)c3ccccc3)cc2)cc1)c1ccccc1. The molecule has 0 fully saturated rings. The van der Waals surface area contributed by atoms with Crippen molar-refractivity contribution >= 4 is 57.6 Å². The molecule has 4 aromatic rings. The molecule has 0 saturated carbocycles. The number of pyridine rings is 2. The molecule has 226 valence electrons. The number of hydrazone groups is 2. The van der Waals surface area contributed by atoms with Crippen LogP contribution in [0.25, 0.3) is 0 Å². The van der Waals surface area contributed by atoms with E-state index < -0.39 is 0 Å². The topological polar surface area (TPSA) is 73.1 Å². The number of carbonyl (C=O) groups excluding carboxylic acids is 2. The predicted octanol–water partition coefficient (Wildman–Crippen LogP) is 5.20. The van der Waals surface area contributed by atoms with Gasteiger partial charge in [-0.15, -0.1) is 0 Å². The van der Waals surface area contributed by atoms with Crippen molar-refractivity contribution in [1.82, 2.24) is 0 Å². The van der Waals surface area contributed by atoms with Crippen molar-refractivity contribution in [2.75, 3.05) is 35.6 Å². The lowest BCUT2D eigenvalue weighted by Gasteiger charge is -2.11. The standard InChI is InChI=1S/C34H38N6O2S2/c1-37(31-9-5-3-6-10-31)35-27-29-15-19-39(20-16-29)23-25-43-33(41)13-14-34(42)44-26-24-40-21-17-30(18-22-40)28-36-38(2)32-11-7-4-8-12-32/h3-12,15-22,27-28H,13-14,23-26H2,1-2H3/q+2. The summed E-state index contributed by atoms with van der Waals surface area (Å²) >= 11 is 2.57. The molecule has 2 heterocycles. The maximum atomic E-state index is 12.3. The smallest absolute Gasteiger partial charge is 0.189 e. The monoisotopic (exact) mass is 626 g/mol. The van der Waals surface area contributed by atoms with Crippen LogP contribution in [0.3, 0.4) is 0 Å². The van der Waals surface area contributed by atoms with Crippen molar-refractivity contribution in [3.05, 3.63) is 121 Å². The molecule has 0 unspecified atom stereocenters. The van der Waals surface area contributed by atoms with E-state index in [1.165, 1.54) is 23.5 Å². The lowest BCUT2D eigenvalue weighted by Crippen LogP contribution is -2.34. The number of para-hydroxylation sites is 2. The van der Waals surface area contributed by atoms with Crippen LogP contribution in [-0.4, -0.2) is 48.3 Å². The molecule has 2 aromatic heterocycles. The Hall–Kier alpha value is -4.28. The van der Waals surface area contributed by atoms with Gasteiger partial charge in [-0.3, -0.25) is 19.6 Å². The largest absolute Gasteiger partial charge is 0.287 e. The second-order valence-electron chi connectivity index (χ2n) is 9.89. The first kappa shape index (κ1) is 32.6. The lowest BCUT2D eigenvalue weighted by molar-refractivity contribution is -0.692. The Morgan fingerprint density at radius 1 is 0.614 bits per heavy atom.